The number of carbonyl (C=O) groups is 1. The lowest BCUT2D eigenvalue weighted by molar-refractivity contribution is 0.101. The van der Waals surface area contributed by atoms with Crippen LogP contribution in [0.4, 0.5) is 10.3 Å². The van der Waals surface area contributed by atoms with Crippen LogP contribution in [-0.4, -0.2) is 43.9 Å². The van der Waals surface area contributed by atoms with Gasteiger partial charge < -0.3 is 14.9 Å². The van der Waals surface area contributed by atoms with Crippen molar-refractivity contribution in [2.75, 3.05) is 22.9 Å². The van der Waals surface area contributed by atoms with E-state index in [1.54, 1.807) is 37.6 Å². The number of Topliss-reactive ketones (excluding diaryl/α,β-unsaturated/α-hetero) is 1. The van der Waals surface area contributed by atoms with Crippen molar-refractivity contribution in [2.24, 2.45) is 0 Å². The van der Waals surface area contributed by atoms with Gasteiger partial charge in [-0.3, -0.25) is 4.79 Å². The first kappa shape index (κ1) is 60.9. The number of thiazole rings is 4. The lowest BCUT2D eigenvalue weighted by Crippen LogP contribution is -2.30. The van der Waals surface area contributed by atoms with Crippen molar-refractivity contribution in [1.82, 2.24) is 19.9 Å². The molecule has 7 aromatic carbocycles. The zero-order valence-corrected chi connectivity index (χ0v) is 51.8. The van der Waals surface area contributed by atoms with Gasteiger partial charge in [-0.2, -0.15) is 0 Å². The summed E-state index contributed by atoms with van der Waals surface area (Å²) in [5.41, 5.74) is 12.0. The number of halogens is 2. The minimum atomic E-state index is -1.02. The van der Waals surface area contributed by atoms with Gasteiger partial charge in [0, 0.05) is 67.3 Å². The smallest absolute Gasteiger partial charge is 0.186 e. The first-order valence-corrected chi connectivity index (χ1v) is 31.5. The van der Waals surface area contributed by atoms with Crippen molar-refractivity contribution < 1.29 is 9.90 Å². The standard InChI is InChI=1S/C20H20N2S.C20H18N2S.C11H10ClNOS.C11H8ClNS.C8H8O/c2*1-15(16-7-3-2-4-8-16)19-13-21-20(23-19)22-12-11-17-9-5-6-10-18(17)14-22;1-11(14,8-5-3-2-4-6-8)9-7-13-10(12)15-9;1-8(9-5-3-2-4-6-9)10-7-13-11(12)14-10;1-7(9)8-5-3-2-4-6-8/h2-10,13,15H,11-12,14H2,1H3;2-10,13H,1,11-12,14H2;2-7,14H,1H3;2-7H,1H2;2-6H,1H3. The van der Waals surface area contributed by atoms with E-state index in [9.17, 15) is 9.90 Å². The number of nitrogens with zero attached hydrogens (tertiary/aromatic N) is 6. The number of benzene rings is 7. The van der Waals surface area contributed by atoms with E-state index in [1.165, 1.54) is 55.4 Å². The number of aliphatic hydroxyl groups is 1. The summed E-state index contributed by atoms with van der Waals surface area (Å²) in [4.78, 5) is 36.9. The Bertz CT molecular complexity index is 3870. The topological polar surface area (TPSA) is 95.3 Å². The molecule has 2 unspecified atom stereocenters. The monoisotopic (exact) mass is 1220 g/mol. The number of hydrogen-bond donors (Lipinski definition) is 1. The molecule has 14 heteroatoms. The number of aromatic nitrogens is 4. The normalized spacial score (nSPS) is 13.2. The summed E-state index contributed by atoms with van der Waals surface area (Å²) in [6.07, 6.45) is 9.57. The number of hydrogen-bond acceptors (Lipinski definition) is 12. The van der Waals surface area contributed by atoms with Crippen molar-refractivity contribution in [1.29, 1.82) is 0 Å². The number of anilines is 2. The molecule has 2 aliphatic heterocycles. The molecule has 4 aromatic heterocycles. The predicted molar refractivity (Wildman–Crippen MR) is 356 cm³/mol. The second-order valence-electron chi connectivity index (χ2n) is 20.1. The minimum absolute atomic E-state index is 0.121. The fourth-order valence-electron chi connectivity index (χ4n) is 9.41. The third-order valence-electron chi connectivity index (χ3n) is 14.3. The van der Waals surface area contributed by atoms with Crippen molar-refractivity contribution in [2.45, 2.75) is 58.2 Å². The highest BCUT2D eigenvalue weighted by Gasteiger charge is 2.28. The molecule has 0 saturated heterocycles. The van der Waals surface area contributed by atoms with Crippen molar-refractivity contribution >= 4 is 95.7 Å². The van der Waals surface area contributed by atoms with E-state index in [0.29, 0.717) is 14.9 Å². The molecule has 84 heavy (non-hydrogen) atoms. The summed E-state index contributed by atoms with van der Waals surface area (Å²) in [6.45, 7) is 17.8. The van der Waals surface area contributed by atoms with Crippen molar-refractivity contribution in [3.63, 3.8) is 0 Å². The molecule has 0 bridgehead atoms. The maximum absolute atomic E-state index is 10.6. The van der Waals surface area contributed by atoms with Crippen LogP contribution in [-0.2, 0) is 31.5 Å². The maximum Gasteiger partial charge on any atom is 0.186 e. The molecule has 0 aliphatic carbocycles. The molecule has 11 aromatic rings. The summed E-state index contributed by atoms with van der Waals surface area (Å²) < 4.78 is 0.998. The van der Waals surface area contributed by atoms with E-state index in [1.807, 2.05) is 127 Å². The molecular formula is C70H64Cl2N6O2S4. The Morgan fingerprint density at radius 3 is 1.38 bits per heavy atom. The van der Waals surface area contributed by atoms with Gasteiger partial charge in [-0.05, 0) is 82.3 Å². The Balaban J connectivity index is 0.000000131. The third-order valence-corrected chi connectivity index (χ3v) is 19.2. The molecule has 0 spiro atoms. The largest absolute Gasteiger partial charge is 0.380 e. The molecule has 0 amide bonds. The Hall–Kier alpha value is -7.65. The van der Waals surface area contributed by atoms with E-state index in [-0.39, 0.29) is 5.78 Å². The second-order valence-corrected chi connectivity index (χ2v) is 25.3. The SMILES string of the molecule is C=C(c1ccccc1)c1cnc(Cl)s1.C=C(c1ccccc1)c1cnc(N2CCc3ccccc3C2)s1.CC(=O)c1ccccc1.CC(O)(c1ccccc1)c1cnc(Cl)s1.CC(c1ccccc1)c1cnc(N2CCc3ccccc3C2)s1. The van der Waals surface area contributed by atoms with Crippen LogP contribution < -0.4 is 9.80 Å². The van der Waals surface area contributed by atoms with Gasteiger partial charge >= 0.3 is 0 Å². The van der Waals surface area contributed by atoms with Crippen LogP contribution in [0.25, 0.3) is 11.1 Å². The minimum Gasteiger partial charge on any atom is -0.380 e. The van der Waals surface area contributed by atoms with Gasteiger partial charge in [0.1, 0.15) is 5.60 Å². The molecule has 1 N–H and O–H groups in total. The van der Waals surface area contributed by atoms with Gasteiger partial charge in [-0.15, -0.1) is 34.0 Å². The van der Waals surface area contributed by atoms with Gasteiger partial charge in [0.15, 0.2) is 25.0 Å². The lowest BCUT2D eigenvalue weighted by Gasteiger charge is -2.28. The highest BCUT2D eigenvalue weighted by molar-refractivity contribution is 7.17. The molecule has 0 saturated carbocycles. The quantitative estimate of drug-likeness (QED) is 0.128. The number of ketones is 1. The average Bonchev–Trinajstić information content (AvgIpc) is 4.56. The van der Waals surface area contributed by atoms with Crippen LogP contribution in [0.2, 0.25) is 8.93 Å². The van der Waals surface area contributed by atoms with Crippen LogP contribution in [0.3, 0.4) is 0 Å². The molecule has 2 aliphatic rings. The van der Waals surface area contributed by atoms with Crippen molar-refractivity contribution in [3.8, 4) is 0 Å². The molecule has 0 radical (unpaired) electrons. The fourth-order valence-corrected chi connectivity index (χ4v) is 13.3. The molecule has 8 nitrogen and oxygen atoms in total. The highest BCUT2D eigenvalue weighted by atomic mass is 35.5. The molecule has 424 valence electrons. The van der Waals surface area contributed by atoms with Crippen LogP contribution in [0.5, 0.6) is 0 Å². The van der Waals surface area contributed by atoms with Gasteiger partial charge in [0.05, 0.1) is 14.6 Å². The van der Waals surface area contributed by atoms with Crippen LogP contribution in [0.1, 0.15) is 101 Å². The third kappa shape index (κ3) is 16.4. The van der Waals surface area contributed by atoms with Gasteiger partial charge in [-0.25, -0.2) is 19.9 Å². The number of fused-ring (bicyclic) bond motifs is 2. The highest BCUT2D eigenvalue weighted by Crippen LogP contribution is 2.37. The Kier molecular flexibility index (Phi) is 21.6. The average molecular weight is 1220 g/mol. The Labute approximate surface area is 519 Å². The van der Waals surface area contributed by atoms with Crippen LogP contribution in [0, 0.1) is 0 Å². The van der Waals surface area contributed by atoms with E-state index in [0.717, 1.165) is 97.3 Å². The summed E-state index contributed by atoms with van der Waals surface area (Å²) >= 11 is 17.8. The van der Waals surface area contributed by atoms with E-state index >= 15 is 0 Å². The zero-order valence-electron chi connectivity index (χ0n) is 47.0. The molecule has 13 rings (SSSR count). The summed E-state index contributed by atoms with van der Waals surface area (Å²) in [5.74, 6) is 0.523. The second kappa shape index (κ2) is 29.7. The van der Waals surface area contributed by atoms with Crippen LogP contribution in [0.15, 0.2) is 238 Å². The summed E-state index contributed by atoms with van der Waals surface area (Å²) in [6, 6.07) is 67.1. The first-order valence-electron chi connectivity index (χ1n) is 27.5. The van der Waals surface area contributed by atoms with E-state index < -0.39 is 5.60 Å². The Morgan fingerprint density at radius 2 is 0.917 bits per heavy atom. The van der Waals surface area contributed by atoms with E-state index in [2.05, 4.69) is 142 Å². The lowest BCUT2D eigenvalue weighted by atomic mass is 9.95. The zero-order chi connectivity index (χ0) is 58.8. The molecule has 6 heterocycles. The van der Waals surface area contributed by atoms with Gasteiger partial charge in [-0.1, -0.05) is 255 Å². The number of carbonyl (C=O) groups excluding carboxylic acids is 1. The predicted octanol–water partition coefficient (Wildman–Crippen LogP) is 18.4. The van der Waals surface area contributed by atoms with Gasteiger partial charge in [0.25, 0.3) is 0 Å². The van der Waals surface area contributed by atoms with Crippen molar-refractivity contribution in [3.05, 3.63) is 317 Å². The summed E-state index contributed by atoms with van der Waals surface area (Å²) in [7, 11) is 0. The fraction of sp³-hybridized carbons (Fsp3) is 0.157. The molecule has 2 atom stereocenters. The molecular weight excluding hydrogens is 1160 g/mol. The maximum atomic E-state index is 10.6. The molecule has 0 fully saturated rings. The Morgan fingerprint density at radius 1 is 0.512 bits per heavy atom. The van der Waals surface area contributed by atoms with Gasteiger partial charge in [0.2, 0.25) is 0 Å². The van der Waals surface area contributed by atoms with E-state index in [4.69, 9.17) is 28.2 Å². The first-order chi connectivity index (χ1) is 40.8. The summed E-state index contributed by atoms with van der Waals surface area (Å²) in [5, 5.41) is 12.6. The number of rotatable bonds is 11. The van der Waals surface area contributed by atoms with Crippen LogP contribution >= 0.6 is 68.5 Å².